The van der Waals surface area contributed by atoms with E-state index in [2.05, 4.69) is 10.6 Å². The topological polar surface area (TPSA) is 72.1 Å². The van der Waals surface area contributed by atoms with Crippen LogP contribution in [0.15, 0.2) is 42.5 Å². The van der Waals surface area contributed by atoms with Crippen molar-refractivity contribution in [3.8, 4) is 11.5 Å². The van der Waals surface area contributed by atoms with Crippen molar-refractivity contribution in [2.45, 2.75) is 32.0 Å². The molecule has 2 N–H and O–H groups in total. The molecule has 7 nitrogen and oxygen atoms in total. The molecule has 0 saturated carbocycles. The number of amides is 1. The number of rotatable bonds is 8. The molecule has 33 heavy (non-hydrogen) atoms. The minimum Gasteiger partial charge on any atom is -0.490 e. The van der Waals surface area contributed by atoms with Crippen molar-refractivity contribution in [3.05, 3.63) is 53.1 Å². The number of anilines is 1. The van der Waals surface area contributed by atoms with E-state index in [1.54, 1.807) is 31.4 Å². The van der Waals surface area contributed by atoms with Crippen LogP contribution in [0.5, 0.6) is 11.5 Å². The molecule has 2 aliphatic rings. The molecule has 1 amide bonds. The Hall–Kier alpha value is -2.55. The van der Waals surface area contributed by atoms with Gasteiger partial charge in [0.05, 0.1) is 12.6 Å². The van der Waals surface area contributed by atoms with Crippen LogP contribution in [0.25, 0.3) is 0 Å². The van der Waals surface area contributed by atoms with Gasteiger partial charge in [0.1, 0.15) is 5.92 Å². The third-order valence-electron chi connectivity index (χ3n) is 6.05. The fraction of sp³-hybridized carbons (Fsp3) is 0.417. The number of ether oxygens (including phenoxy) is 3. The SMILES string of the molecule is CCOc1cccc2c1O[C@@]1(C)[C@@H](C(=O)Nc3ccc(Cl)cc3)[C@@H]2NC(=S)N1CCCOC. The molecule has 2 aliphatic heterocycles. The van der Waals surface area contributed by atoms with Gasteiger partial charge < -0.3 is 29.7 Å². The molecule has 2 aromatic rings. The molecule has 0 aliphatic carbocycles. The Balaban J connectivity index is 1.75. The Morgan fingerprint density at radius 3 is 2.76 bits per heavy atom. The van der Waals surface area contributed by atoms with Crippen LogP contribution in [0.2, 0.25) is 5.02 Å². The van der Waals surface area contributed by atoms with Crippen LogP contribution in [0.4, 0.5) is 5.69 Å². The van der Waals surface area contributed by atoms with Gasteiger partial charge in [-0.25, -0.2) is 0 Å². The second kappa shape index (κ2) is 9.75. The summed E-state index contributed by atoms with van der Waals surface area (Å²) in [7, 11) is 1.66. The first-order valence-corrected chi connectivity index (χ1v) is 11.8. The summed E-state index contributed by atoms with van der Waals surface area (Å²) in [4.78, 5) is 15.6. The summed E-state index contributed by atoms with van der Waals surface area (Å²) in [6, 6.07) is 12.4. The van der Waals surface area contributed by atoms with E-state index >= 15 is 0 Å². The predicted molar refractivity (Wildman–Crippen MR) is 132 cm³/mol. The number of carbonyl (C=O) groups is 1. The van der Waals surface area contributed by atoms with E-state index in [9.17, 15) is 4.79 Å². The van der Waals surface area contributed by atoms with Crippen molar-refractivity contribution >= 4 is 40.5 Å². The standard InChI is InChI=1S/C24H28ClN3O4S/c1-4-31-18-8-5-7-17-20-19(22(29)26-16-11-9-15(25)10-12-16)24(2,32-21(17)18)28(23(33)27-20)13-6-14-30-3/h5,7-12,19-20H,4,6,13-14H2,1-3H3,(H,26,29)(H,27,33)/t19-,20-,24+/m1/s1. The highest BCUT2D eigenvalue weighted by Gasteiger charge is 2.59. The molecule has 9 heteroatoms. The number of nitrogens with one attached hydrogen (secondary N) is 2. The highest BCUT2D eigenvalue weighted by Crippen LogP contribution is 2.51. The number of fused-ring (bicyclic) bond motifs is 4. The molecule has 0 unspecified atom stereocenters. The number of thiocarbonyl (C=S) groups is 1. The number of para-hydroxylation sites is 1. The van der Waals surface area contributed by atoms with Gasteiger partial charge in [-0.15, -0.1) is 0 Å². The summed E-state index contributed by atoms with van der Waals surface area (Å²) in [5.41, 5.74) is 0.472. The molecule has 176 valence electrons. The molecule has 0 aromatic heterocycles. The van der Waals surface area contributed by atoms with Crippen LogP contribution in [0.3, 0.4) is 0 Å². The van der Waals surface area contributed by atoms with Crippen LogP contribution in [-0.4, -0.2) is 48.5 Å². The first-order valence-electron chi connectivity index (χ1n) is 11.0. The Morgan fingerprint density at radius 2 is 2.06 bits per heavy atom. The number of carbonyl (C=O) groups excluding carboxylic acids is 1. The maximum Gasteiger partial charge on any atom is 0.236 e. The van der Waals surface area contributed by atoms with Crippen molar-refractivity contribution in [2.75, 3.05) is 32.2 Å². The lowest BCUT2D eigenvalue weighted by Gasteiger charge is -2.56. The Morgan fingerprint density at radius 1 is 1.30 bits per heavy atom. The summed E-state index contributed by atoms with van der Waals surface area (Å²) in [6.45, 7) is 5.49. The second-order valence-corrected chi connectivity index (χ2v) is 8.99. The largest absolute Gasteiger partial charge is 0.490 e. The zero-order valence-electron chi connectivity index (χ0n) is 18.9. The third-order valence-corrected chi connectivity index (χ3v) is 6.64. The lowest BCUT2D eigenvalue weighted by atomic mass is 9.78. The van der Waals surface area contributed by atoms with Gasteiger partial charge in [0.15, 0.2) is 22.3 Å². The zero-order valence-corrected chi connectivity index (χ0v) is 20.5. The molecular weight excluding hydrogens is 462 g/mol. The van der Waals surface area contributed by atoms with Gasteiger partial charge in [0, 0.05) is 36.5 Å². The van der Waals surface area contributed by atoms with Crippen LogP contribution in [-0.2, 0) is 9.53 Å². The normalized spacial score (nSPS) is 23.3. The number of hydrogen-bond donors (Lipinski definition) is 2. The molecule has 0 spiro atoms. The fourth-order valence-corrected chi connectivity index (χ4v) is 5.08. The van der Waals surface area contributed by atoms with E-state index in [0.29, 0.717) is 47.1 Å². The first-order chi connectivity index (χ1) is 15.9. The Labute approximate surface area is 204 Å². The maximum absolute atomic E-state index is 13.7. The molecule has 0 radical (unpaired) electrons. The van der Waals surface area contributed by atoms with Gasteiger partial charge in [0.25, 0.3) is 0 Å². The van der Waals surface area contributed by atoms with Gasteiger partial charge in [0.2, 0.25) is 5.91 Å². The minimum atomic E-state index is -1.03. The Bertz CT molecular complexity index is 1030. The highest BCUT2D eigenvalue weighted by atomic mass is 35.5. The van der Waals surface area contributed by atoms with Gasteiger partial charge >= 0.3 is 0 Å². The number of methoxy groups -OCH3 is 1. The van der Waals surface area contributed by atoms with Crippen molar-refractivity contribution < 1.29 is 19.0 Å². The number of nitrogens with zero attached hydrogens (tertiary/aromatic N) is 1. The van der Waals surface area contributed by atoms with Crippen molar-refractivity contribution in [1.82, 2.24) is 10.2 Å². The van der Waals surface area contributed by atoms with Gasteiger partial charge in [-0.1, -0.05) is 23.7 Å². The lowest BCUT2D eigenvalue weighted by Crippen LogP contribution is -2.71. The summed E-state index contributed by atoms with van der Waals surface area (Å²) < 4.78 is 17.7. The summed E-state index contributed by atoms with van der Waals surface area (Å²) >= 11 is 11.7. The molecule has 4 rings (SSSR count). The van der Waals surface area contributed by atoms with Crippen LogP contribution in [0, 0.1) is 5.92 Å². The first kappa shape index (κ1) is 23.6. The number of halogens is 1. The van der Waals surface area contributed by atoms with E-state index in [-0.39, 0.29) is 11.9 Å². The maximum atomic E-state index is 13.7. The summed E-state index contributed by atoms with van der Waals surface area (Å²) in [5, 5.41) is 7.57. The quantitative estimate of drug-likeness (QED) is 0.421. The van der Waals surface area contributed by atoms with Crippen LogP contribution >= 0.6 is 23.8 Å². The van der Waals surface area contributed by atoms with Gasteiger partial charge in [-0.2, -0.15) is 0 Å². The van der Waals surface area contributed by atoms with E-state index in [1.807, 2.05) is 36.9 Å². The smallest absolute Gasteiger partial charge is 0.236 e. The van der Waals surface area contributed by atoms with Gasteiger partial charge in [-0.05, 0) is 62.8 Å². The fourth-order valence-electron chi connectivity index (χ4n) is 4.55. The molecule has 1 saturated heterocycles. The van der Waals surface area contributed by atoms with Crippen molar-refractivity contribution in [1.29, 1.82) is 0 Å². The molecule has 1 fully saturated rings. The second-order valence-electron chi connectivity index (χ2n) is 8.16. The molecule has 2 aromatic carbocycles. The van der Waals surface area contributed by atoms with Crippen LogP contribution < -0.4 is 20.1 Å². The van der Waals surface area contributed by atoms with E-state index in [0.717, 1.165) is 12.0 Å². The average Bonchev–Trinajstić information content (AvgIpc) is 2.78. The van der Waals surface area contributed by atoms with Crippen LogP contribution in [0.1, 0.15) is 31.9 Å². The lowest BCUT2D eigenvalue weighted by molar-refractivity contribution is -0.150. The molecular formula is C24H28ClN3O4S. The average molecular weight is 490 g/mol. The predicted octanol–water partition coefficient (Wildman–Crippen LogP) is 4.37. The van der Waals surface area contributed by atoms with E-state index in [1.165, 1.54) is 0 Å². The minimum absolute atomic E-state index is 0.177. The Kier molecular flexibility index (Phi) is 6.97. The monoisotopic (exact) mass is 489 g/mol. The van der Waals surface area contributed by atoms with Gasteiger partial charge in [-0.3, -0.25) is 4.79 Å². The molecule has 3 atom stereocenters. The number of benzene rings is 2. The molecule has 2 bridgehead atoms. The zero-order chi connectivity index (χ0) is 23.6. The molecule has 2 heterocycles. The van der Waals surface area contributed by atoms with Crippen molar-refractivity contribution in [3.63, 3.8) is 0 Å². The van der Waals surface area contributed by atoms with E-state index in [4.69, 9.17) is 38.0 Å². The van der Waals surface area contributed by atoms with E-state index < -0.39 is 11.6 Å². The number of hydrogen-bond acceptors (Lipinski definition) is 5. The summed E-state index contributed by atoms with van der Waals surface area (Å²) in [5.74, 6) is 0.513. The third kappa shape index (κ3) is 4.47. The highest BCUT2D eigenvalue weighted by molar-refractivity contribution is 7.80. The summed E-state index contributed by atoms with van der Waals surface area (Å²) in [6.07, 6.45) is 0.730. The van der Waals surface area contributed by atoms with Crippen molar-refractivity contribution in [2.24, 2.45) is 5.92 Å².